The third kappa shape index (κ3) is 2.00. The van der Waals surface area contributed by atoms with Gasteiger partial charge in [-0.1, -0.05) is 0 Å². The Hall–Kier alpha value is -0.770. The number of rotatable bonds is 1. The summed E-state index contributed by atoms with van der Waals surface area (Å²) in [6.45, 7) is 5.42. The van der Waals surface area contributed by atoms with Gasteiger partial charge in [-0.2, -0.15) is 0 Å². The van der Waals surface area contributed by atoms with Crippen LogP contribution >= 0.6 is 0 Å². The number of hydrogen-bond acceptors (Lipinski definition) is 2. The van der Waals surface area contributed by atoms with Crippen molar-refractivity contribution >= 4 is 6.03 Å². The molecule has 3 rings (SSSR count). The Labute approximate surface area is 84.8 Å². The molecule has 3 N–H and O–H groups in total. The molecule has 3 fully saturated rings. The zero-order valence-electron chi connectivity index (χ0n) is 8.75. The number of nitrogens with two attached hydrogens (primary N) is 1. The van der Waals surface area contributed by atoms with Crippen LogP contribution < -0.4 is 11.1 Å². The third-order valence-corrected chi connectivity index (χ3v) is 3.44. The van der Waals surface area contributed by atoms with Gasteiger partial charge < -0.3 is 16.0 Å². The zero-order valence-corrected chi connectivity index (χ0v) is 8.75. The topological polar surface area (TPSA) is 58.4 Å². The smallest absolute Gasteiger partial charge is 0.312 e. The fourth-order valence-electron chi connectivity index (χ4n) is 2.93. The predicted octanol–water partition coefficient (Wildman–Crippen LogP) is 0.529. The second kappa shape index (κ2) is 3.42. The predicted molar refractivity (Wildman–Crippen MR) is 54.9 cm³/mol. The van der Waals surface area contributed by atoms with Crippen molar-refractivity contribution < 1.29 is 4.79 Å². The van der Waals surface area contributed by atoms with Crippen LogP contribution in [0.1, 0.15) is 26.2 Å². The maximum absolute atomic E-state index is 10.9. The quantitative estimate of drug-likeness (QED) is 0.644. The van der Waals surface area contributed by atoms with E-state index in [4.69, 9.17) is 5.73 Å². The first-order valence-corrected chi connectivity index (χ1v) is 5.37. The number of piperidine rings is 1. The Kier molecular flexibility index (Phi) is 2.39. The van der Waals surface area contributed by atoms with Crippen molar-refractivity contribution in [1.82, 2.24) is 10.2 Å². The Morgan fingerprint density at radius 2 is 2.14 bits per heavy atom. The standard InChI is InChI=1S/C10H19N3O/c1-10(12-9(11)14)6-8-2-4-13(7-10)5-3-8/h8H,2-7H2,1H3,(H3,11,12,14). The van der Waals surface area contributed by atoms with Crippen molar-refractivity contribution in [2.24, 2.45) is 11.7 Å². The van der Waals surface area contributed by atoms with Gasteiger partial charge in [0.25, 0.3) is 0 Å². The first-order chi connectivity index (χ1) is 6.57. The monoisotopic (exact) mass is 197 g/mol. The minimum atomic E-state index is -0.394. The van der Waals surface area contributed by atoms with E-state index in [1.165, 1.54) is 25.9 Å². The van der Waals surface area contributed by atoms with Crippen molar-refractivity contribution in [2.45, 2.75) is 31.7 Å². The molecule has 4 nitrogen and oxygen atoms in total. The number of nitrogens with one attached hydrogen (secondary N) is 1. The van der Waals surface area contributed by atoms with Gasteiger partial charge in [-0.15, -0.1) is 0 Å². The van der Waals surface area contributed by atoms with Gasteiger partial charge in [-0.3, -0.25) is 0 Å². The summed E-state index contributed by atoms with van der Waals surface area (Å²) in [5.41, 5.74) is 5.09. The van der Waals surface area contributed by atoms with Gasteiger partial charge in [-0.05, 0) is 45.2 Å². The van der Waals surface area contributed by atoms with Gasteiger partial charge >= 0.3 is 6.03 Å². The number of primary amides is 1. The van der Waals surface area contributed by atoms with Crippen LogP contribution in [0.2, 0.25) is 0 Å². The summed E-state index contributed by atoms with van der Waals surface area (Å²) in [4.78, 5) is 13.3. The van der Waals surface area contributed by atoms with Crippen LogP contribution in [0.4, 0.5) is 4.79 Å². The molecule has 0 aromatic rings. The molecule has 0 aromatic carbocycles. The average Bonchev–Trinajstić information content (AvgIpc) is 2.29. The molecule has 1 unspecified atom stereocenters. The molecule has 3 saturated heterocycles. The van der Waals surface area contributed by atoms with Gasteiger partial charge in [0, 0.05) is 6.54 Å². The summed E-state index contributed by atoms with van der Waals surface area (Å²) in [5.74, 6) is 0.769. The molecule has 3 aliphatic heterocycles. The van der Waals surface area contributed by atoms with E-state index in [2.05, 4.69) is 17.1 Å². The van der Waals surface area contributed by atoms with Gasteiger partial charge in [0.15, 0.2) is 0 Å². The Balaban J connectivity index is 2.08. The highest BCUT2D eigenvalue weighted by Gasteiger charge is 2.37. The third-order valence-electron chi connectivity index (χ3n) is 3.44. The molecule has 0 aromatic heterocycles. The first-order valence-electron chi connectivity index (χ1n) is 5.37. The lowest BCUT2D eigenvalue weighted by atomic mass is 9.87. The van der Waals surface area contributed by atoms with Crippen molar-refractivity contribution in [1.29, 1.82) is 0 Å². The molecule has 2 bridgehead atoms. The Morgan fingerprint density at radius 3 is 2.71 bits per heavy atom. The normalized spacial score (nSPS) is 41.8. The molecular weight excluding hydrogens is 178 g/mol. The van der Waals surface area contributed by atoms with Gasteiger partial charge in [-0.25, -0.2) is 4.79 Å². The second-order valence-corrected chi connectivity index (χ2v) is 4.97. The number of carbonyl (C=O) groups excluding carboxylic acids is 1. The summed E-state index contributed by atoms with van der Waals surface area (Å²) in [6.07, 6.45) is 3.62. The van der Waals surface area contributed by atoms with Crippen LogP contribution in [0.5, 0.6) is 0 Å². The fraction of sp³-hybridized carbons (Fsp3) is 0.900. The van der Waals surface area contributed by atoms with E-state index in [9.17, 15) is 4.79 Å². The molecule has 14 heavy (non-hydrogen) atoms. The molecule has 3 heterocycles. The molecule has 3 aliphatic rings. The van der Waals surface area contributed by atoms with E-state index in [1.54, 1.807) is 0 Å². The van der Waals surface area contributed by atoms with E-state index < -0.39 is 6.03 Å². The van der Waals surface area contributed by atoms with Crippen molar-refractivity contribution in [3.63, 3.8) is 0 Å². The number of urea groups is 1. The average molecular weight is 197 g/mol. The van der Waals surface area contributed by atoms with Crippen molar-refractivity contribution in [2.75, 3.05) is 19.6 Å². The number of amides is 2. The van der Waals surface area contributed by atoms with E-state index in [-0.39, 0.29) is 5.54 Å². The van der Waals surface area contributed by atoms with Crippen molar-refractivity contribution in [3.05, 3.63) is 0 Å². The highest BCUT2D eigenvalue weighted by atomic mass is 16.2. The molecular formula is C10H19N3O. The minimum absolute atomic E-state index is 0.108. The lowest BCUT2D eigenvalue weighted by Gasteiger charge is -2.31. The van der Waals surface area contributed by atoms with E-state index in [1.807, 2.05) is 0 Å². The highest BCUT2D eigenvalue weighted by Crippen LogP contribution is 2.32. The lowest BCUT2D eigenvalue weighted by Crippen LogP contribution is -2.53. The molecule has 0 spiro atoms. The van der Waals surface area contributed by atoms with E-state index in [0.29, 0.717) is 0 Å². The van der Waals surface area contributed by atoms with Crippen LogP contribution in [0.3, 0.4) is 0 Å². The van der Waals surface area contributed by atoms with Gasteiger partial charge in [0.1, 0.15) is 0 Å². The Bertz CT molecular complexity index is 220. The number of hydrogen-bond donors (Lipinski definition) is 2. The zero-order chi connectivity index (χ0) is 10.2. The summed E-state index contributed by atoms with van der Waals surface area (Å²) < 4.78 is 0. The van der Waals surface area contributed by atoms with E-state index >= 15 is 0 Å². The number of fused-ring (bicyclic) bond motifs is 4. The molecule has 0 radical (unpaired) electrons. The Morgan fingerprint density at radius 1 is 1.50 bits per heavy atom. The fourth-order valence-corrected chi connectivity index (χ4v) is 2.93. The summed E-state index contributed by atoms with van der Waals surface area (Å²) in [5, 5.41) is 2.90. The molecule has 80 valence electrons. The first kappa shape index (κ1) is 9.77. The van der Waals surface area contributed by atoms with Crippen LogP contribution in [0.25, 0.3) is 0 Å². The van der Waals surface area contributed by atoms with Gasteiger partial charge in [0.05, 0.1) is 5.54 Å². The summed E-state index contributed by atoms with van der Waals surface area (Å²) in [7, 11) is 0. The van der Waals surface area contributed by atoms with Crippen molar-refractivity contribution in [3.8, 4) is 0 Å². The van der Waals surface area contributed by atoms with Gasteiger partial charge in [0.2, 0.25) is 0 Å². The number of carbonyl (C=O) groups is 1. The largest absolute Gasteiger partial charge is 0.352 e. The van der Waals surface area contributed by atoms with Crippen LogP contribution in [0, 0.1) is 5.92 Å². The van der Waals surface area contributed by atoms with Crippen LogP contribution in [-0.2, 0) is 0 Å². The highest BCUT2D eigenvalue weighted by molar-refractivity contribution is 5.72. The maximum atomic E-state index is 10.9. The molecule has 0 aliphatic carbocycles. The maximum Gasteiger partial charge on any atom is 0.312 e. The molecule has 1 atom stereocenters. The minimum Gasteiger partial charge on any atom is -0.352 e. The lowest BCUT2D eigenvalue weighted by molar-refractivity contribution is 0.201. The molecule has 0 saturated carbocycles. The summed E-state index contributed by atoms with van der Waals surface area (Å²) in [6, 6.07) is -0.394. The molecule has 4 heteroatoms. The SMILES string of the molecule is CC1(NC(N)=O)CC2CCN(CC2)C1. The number of nitrogens with zero attached hydrogens (tertiary/aromatic N) is 1. The van der Waals surface area contributed by atoms with Crippen LogP contribution in [0.15, 0.2) is 0 Å². The van der Waals surface area contributed by atoms with E-state index in [0.717, 1.165) is 18.9 Å². The second-order valence-electron chi connectivity index (χ2n) is 4.97. The molecule has 2 amide bonds. The van der Waals surface area contributed by atoms with Crippen LogP contribution in [-0.4, -0.2) is 36.1 Å². The summed E-state index contributed by atoms with van der Waals surface area (Å²) >= 11 is 0.